The Morgan fingerprint density at radius 2 is 1.82 bits per heavy atom. The van der Waals surface area contributed by atoms with Gasteiger partial charge < -0.3 is 24.4 Å². The number of anilines is 1. The van der Waals surface area contributed by atoms with Crippen LogP contribution in [0.15, 0.2) is 24.3 Å². The van der Waals surface area contributed by atoms with Gasteiger partial charge in [0.15, 0.2) is 0 Å². The van der Waals surface area contributed by atoms with E-state index in [9.17, 15) is 9.90 Å². The summed E-state index contributed by atoms with van der Waals surface area (Å²) >= 11 is 0. The van der Waals surface area contributed by atoms with Gasteiger partial charge in [-0.2, -0.15) is 0 Å². The number of piperidine rings is 1. The molecule has 0 saturated carbocycles. The van der Waals surface area contributed by atoms with E-state index in [0.717, 1.165) is 25.1 Å². The molecule has 4 atom stereocenters. The Balaban J connectivity index is 1.39. The SMILES string of the molecule is O=C(c1ccc(N2CCCC2)cc1)N1C[C@H]2COCC[C@@]2(O)[C@@H]2COCC[C@@H]21. The number of fused-ring (bicyclic) bond motifs is 3. The van der Waals surface area contributed by atoms with Crippen molar-refractivity contribution in [3.8, 4) is 0 Å². The molecule has 1 aromatic rings. The minimum absolute atomic E-state index is 0.0308. The molecule has 6 heteroatoms. The Kier molecular flexibility index (Phi) is 4.81. The highest BCUT2D eigenvalue weighted by atomic mass is 16.5. The van der Waals surface area contributed by atoms with Gasteiger partial charge in [0.2, 0.25) is 0 Å². The van der Waals surface area contributed by atoms with Crippen molar-refractivity contribution in [2.45, 2.75) is 37.3 Å². The minimum atomic E-state index is -0.778. The molecule has 0 bridgehead atoms. The molecular formula is C22H30N2O4. The van der Waals surface area contributed by atoms with Gasteiger partial charge in [-0.05, 0) is 43.5 Å². The molecule has 0 radical (unpaired) electrons. The first kappa shape index (κ1) is 18.4. The zero-order valence-electron chi connectivity index (χ0n) is 16.4. The number of ether oxygens (including phenoxy) is 2. The number of amides is 1. The second-order valence-electron chi connectivity index (χ2n) is 8.75. The third-order valence-electron chi connectivity index (χ3n) is 7.30. The van der Waals surface area contributed by atoms with Crippen molar-refractivity contribution in [2.75, 3.05) is 51.0 Å². The highest BCUT2D eigenvalue weighted by Crippen LogP contribution is 2.44. The first-order chi connectivity index (χ1) is 13.7. The smallest absolute Gasteiger partial charge is 0.254 e. The number of rotatable bonds is 2. The van der Waals surface area contributed by atoms with Crippen LogP contribution in [0.5, 0.6) is 0 Å². The van der Waals surface area contributed by atoms with Crippen LogP contribution in [0.1, 0.15) is 36.0 Å². The zero-order chi connectivity index (χ0) is 19.1. The summed E-state index contributed by atoms with van der Waals surface area (Å²) in [4.78, 5) is 17.8. The maximum absolute atomic E-state index is 13.4. The average Bonchev–Trinajstić information content (AvgIpc) is 3.28. The van der Waals surface area contributed by atoms with Crippen LogP contribution in [0.2, 0.25) is 0 Å². The van der Waals surface area contributed by atoms with Crippen LogP contribution < -0.4 is 4.90 Å². The van der Waals surface area contributed by atoms with Gasteiger partial charge in [-0.25, -0.2) is 0 Å². The third kappa shape index (κ3) is 3.02. The Labute approximate surface area is 166 Å². The van der Waals surface area contributed by atoms with E-state index in [-0.39, 0.29) is 23.8 Å². The topological polar surface area (TPSA) is 62.2 Å². The zero-order valence-corrected chi connectivity index (χ0v) is 16.4. The lowest BCUT2D eigenvalue weighted by Gasteiger charge is -2.57. The molecule has 0 spiro atoms. The quantitative estimate of drug-likeness (QED) is 0.841. The molecule has 1 amide bonds. The van der Waals surface area contributed by atoms with Crippen molar-refractivity contribution in [1.29, 1.82) is 0 Å². The first-order valence-electron chi connectivity index (χ1n) is 10.7. The van der Waals surface area contributed by atoms with Gasteiger partial charge >= 0.3 is 0 Å². The van der Waals surface area contributed by atoms with Gasteiger partial charge in [0.25, 0.3) is 5.91 Å². The fraction of sp³-hybridized carbons (Fsp3) is 0.682. The van der Waals surface area contributed by atoms with Crippen molar-refractivity contribution in [3.63, 3.8) is 0 Å². The largest absolute Gasteiger partial charge is 0.389 e. The number of nitrogens with zero attached hydrogens (tertiary/aromatic N) is 2. The average molecular weight is 386 g/mol. The lowest BCUT2D eigenvalue weighted by molar-refractivity contribution is -0.212. The van der Waals surface area contributed by atoms with Crippen LogP contribution >= 0.6 is 0 Å². The van der Waals surface area contributed by atoms with Crippen molar-refractivity contribution in [3.05, 3.63) is 29.8 Å². The number of aliphatic hydroxyl groups is 1. The minimum Gasteiger partial charge on any atom is -0.389 e. The monoisotopic (exact) mass is 386 g/mol. The maximum atomic E-state index is 13.4. The Hall–Kier alpha value is -1.63. The van der Waals surface area contributed by atoms with E-state index in [4.69, 9.17) is 9.47 Å². The molecule has 4 heterocycles. The lowest BCUT2D eigenvalue weighted by atomic mass is 9.66. The first-order valence-corrected chi connectivity index (χ1v) is 10.7. The Morgan fingerprint density at radius 1 is 1.07 bits per heavy atom. The fourth-order valence-electron chi connectivity index (χ4n) is 5.65. The van der Waals surface area contributed by atoms with Crippen LogP contribution in [-0.2, 0) is 9.47 Å². The van der Waals surface area contributed by atoms with E-state index in [0.29, 0.717) is 39.4 Å². The molecule has 6 nitrogen and oxygen atoms in total. The summed E-state index contributed by atoms with van der Waals surface area (Å²) in [6.07, 6.45) is 3.91. The molecule has 1 N–H and O–H groups in total. The molecule has 4 fully saturated rings. The fourth-order valence-corrected chi connectivity index (χ4v) is 5.65. The van der Waals surface area contributed by atoms with Gasteiger partial charge in [0.1, 0.15) is 0 Å². The number of carbonyl (C=O) groups is 1. The normalized spacial score (nSPS) is 35.4. The van der Waals surface area contributed by atoms with E-state index < -0.39 is 5.60 Å². The molecule has 0 unspecified atom stereocenters. The van der Waals surface area contributed by atoms with E-state index in [2.05, 4.69) is 17.0 Å². The molecule has 0 aliphatic carbocycles. The molecule has 4 aliphatic rings. The van der Waals surface area contributed by atoms with E-state index in [1.807, 2.05) is 17.0 Å². The van der Waals surface area contributed by atoms with Gasteiger partial charge in [-0.3, -0.25) is 4.79 Å². The number of benzene rings is 1. The number of carbonyl (C=O) groups excluding carboxylic acids is 1. The second kappa shape index (κ2) is 7.32. The van der Waals surface area contributed by atoms with Crippen LogP contribution in [0.25, 0.3) is 0 Å². The van der Waals surface area contributed by atoms with E-state index >= 15 is 0 Å². The van der Waals surface area contributed by atoms with Gasteiger partial charge in [0.05, 0.1) is 18.8 Å². The maximum Gasteiger partial charge on any atom is 0.254 e. The van der Waals surface area contributed by atoms with E-state index in [1.165, 1.54) is 18.5 Å². The van der Waals surface area contributed by atoms with Crippen molar-refractivity contribution >= 4 is 11.6 Å². The molecule has 0 aromatic heterocycles. The molecule has 4 saturated heterocycles. The van der Waals surface area contributed by atoms with Crippen LogP contribution in [0.4, 0.5) is 5.69 Å². The van der Waals surface area contributed by atoms with Gasteiger partial charge in [0, 0.05) is 68.4 Å². The van der Waals surface area contributed by atoms with Crippen LogP contribution in [0, 0.1) is 11.8 Å². The predicted molar refractivity (Wildman–Crippen MR) is 106 cm³/mol. The van der Waals surface area contributed by atoms with Crippen LogP contribution in [0.3, 0.4) is 0 Å². The summed E-state index contributed by atoms with van der Waals surface area (Å²) in [5, 5.41) is 11.4. The van der Waals surface area contributed by atoms with Gasteiger partial charge in [-0.15, -0.1) is 0 Å². The number of hydrogen-bond donors (Lipinski definition) is 1. The molecule has 1 aromatic carbocycles. The predicted octanol–water partition coefficient (Wildman–Crippen LogP) is 1.92. The lowest BCUT2D eigenvalue weighted by Crippen LogP contribution is -2.68. The summed E-state index contributed by atoms with van der Waals surface area (Å²) in [6, 6.07) is 8.11. The molecule has 4 aliphatic heterocycles. The summed E-state index contributed by atoms with van der Waals surface area (Å²) in [7, 11) is 0. The van der Waals surface area contributed by atoms with Crippen LogP contribution in [-0.4, -0.2) is 73.6 Å². The highest BCUT2D eigenvalue weighted by molar-refractivity contribution is 5.95. The highest BCUT2D eigenvalue weighted by Gasteiger charge is 2.56. The van der Waals surface area contributed by atoms with Crippen molar-refractivity contribution in [1.82, 2.24) is 4.90 Å². The molecular weight excluding hydrogens is 356 g/mol. The molecule has 5 rings (SSSR count). The van der Waals surface area contributed by atoms with Crippen molar-refractivity contribution < 1.29 is 19.4 Å². The summed E-state index contributed by atoms with van der Waals surface area (Å²) in [6.45, 7) is 5.03. The molecule has 152 valence electrons. The standard InChI is InChI=1S/C22H30N2O4/c25-21(16-3-5-18(6-4-16)23-9-1-2-10-23)24-13-17-14-28-12-8-22(17,26)19-15-27-11-7-20(19)24/h3-6,17,19-20,26H,1-2,7-15H2/t17-,19+,20-,22-/m0/s1. The summed E-state index contributed by atoms with van der Waals surface area (Å²) in [5.41, 5.74) is 1.15. The van der Waals surface area contributed by atoms with Crippen molar-refractivity contribution in [2.24, 2.45) is 11.8 Å². The molecule has 28 heavy (non-hydrogen) atoms. The number of hydrogen-bond acceptors (Lipinski definition) is 5. The Morgan fingerprint density at radius 3 is 2.61 bits per heavy atom. The summed E-state index contributed by atoms with van der Waals surface area (Å²) < 4.78 is 11.4. The van der Waals surface area contributed by atoms with E-state index in [1.54, 1.807) is 0 Å². The Bertz CT molecular complexity index is 718. The van der Waals surface area contributed by atoms with Gasteiger partial charge in [-0.1, -0.05) is 0 Å². The second-order valence-corrected chi connectivity index (χ2v) is 8.75. The number of likely N-dealkylation sites (tertiary alicyclic amines) is 1. The summed E-state index contributed by atoms with van der Waals surface area (Å²) in [5.74, 6) is -0.00811. The third-order valence-corrected chi connectivity index (χ3v) is 7.30.